The average molecular weight is 234 g/mol. The maximum absolute atomic E-state index is 11.8. The molecule has 1 aromatic rings. The fourth-order valence-electron chi connectivity index (χ4n) is 2.01. The lowest BCUT2D eigenvalue weighted by Gasteiger charge is -2.33. The molecule has 1 unspecified atom stereocenters. The number of likely N-dealkylation sites (N-methyl/N-ethyl adjacent to an activating group) is 1. The van der Waals surface area contributed by atoms with E-state index in [1.807, 2.05) is 35.2 Å². The van der Waals surface area contributed by atoms with Gasteiger partial charge in [0, 0.05) is 6.54 Å². The fraction of sp³-hybridized carbons (Fsp3) is 0.462. The molecular weight excluding hydrogens is 216 g/mol. The lowest BCUT2D eigenvalue weighted by molar-refractivity contribution is -0.137. The van der Waals surface area contributed by atoms with Crippen LogP contribution < -0.4 is 5.32 Å². The molecule has 1 aromatic carbocycles. The zero-order chi connectivity index (χ0) is 12.1. The monoisotopic (exact) mass is 234 g/mol. The van der Waals surface area contributed by atoms with Crippen molar-refractivity contribution in [3.63, 3.8) is 0 Å². The van der Waals surface area contributed by atoms with Crippen LogP contribution in [-0.2, 0) is 9.53 Å². The topological polar surface area (TPSA) is 41.6 Å². The van der Waals surface area contributed by atoms with E-state index in [-0.39, 0.29) is 12.0 Å². The molecule has 17 heavy (non-hydrogen) atoms. The first-order valence-electron chi connectivity index (χ1n) is 5.90. The summed E-state index contributed by atoms with van der Waals surface area (Å²) < 4.78 is 5.71. The van der Waals surface area contributed by atoms with Crippen LogP contribution in [0, 0.1) is 0 Å². The average Bonchev–Trinajstić information content (AvgIpc) is 2.40. The Labute approximate surface area is 102 Å². The highest BCUT2D eigenvalue weighted by Gasteiger charge is 2.24. The second-order valence-corrected chi connectivity index (χ2v) is 4.14. The van der Waals surface area contributed by atoms with E-state index in [0.29, 0.717) is 26.2 Å². The normalized spacial score (nSPS) is 20.3. The Kier molecular flexibility index (Phi) is 4.12. The summed E-state index contributed by atoms with van der Waals surface area (Å²) in [5, 5.41) is 2.89. The molecule has 2 rings (SSSR count). The van der Waals surface area contributed by atoms with E-state index < -0.39 is 0 Å². The molecule has 0 bridgehead atoms. The van der Waals surface area contributed by atoms with E-state index >= 15 is 0 Å². The number of nitrogens with zero attached hydrogens (tertiary/aromatic N) is 1. The van der Waals surface area contributed by atoms with Gasteiger partial charge in [0.15, 0.2) is 0 Å². The van der Waals surface area contributed by atoms with Gasteiger partial charge in [0.25, 0.3) is 0 Å². The molecule has 1 aliphatic rings. The number of ether oxygens (including phenoxy) is 1. The first-order valence-corrected chi connectivity index (χ1v) is 5.90. The molecule has 1 amide bonds. The van der Waals surface area contributed by atoms with Crippen molar-refractivity contribution in [3.8, 4) is 0 Å². The van der Waals surface area contributed by atoms with Gasteiger partial charge in [0.2, 0.25) is 5.91 Å². The molecule has 1 heterocycles. The van der Waals surface area contributed by atoms with Crippen LogP contribution in [0.25, 0.3) is 0 Å². The lowest BCUT2D eigenvalue weighted by Crippen LogP contribution is -2.45. The minimum absolute atomic E-state index is 0.00533. The number of rotatable bonds is 3. The molecule has 0 radical (unpaired) electrons. The summed E-state index contributed by atoms with van der Waals surface area (Å²) in [4.78, 5) is 13.6. The van der Waals surface area contributed by atoms with Crippen LogP contribution in [0.15, 0.2) is 30.3 Å². The summed E-state index contributed by atoms with van der Waals surface area (Å²) in [7, 11) is 1.78. The lowest BCUT2D eigenvalue weighted by atomic mass is 10.1. The number of morpholine rings is 1. The Morgan fingerprint density at radius 1 is 1.47 bits per heavy atom. The molecule has 4 heteroatoms. The molecule has 92 valence electrons. The number of carbonyl (C=O) groups is 1. The molecule has 4 nitrogen and oxygen atoms in total. The summed E-state index contributed by atoms with van der Waals surface area (Å²) in [5.74, 6) is 0.136. The van der Waals surface area contributed by atoms with Crippen molar-refractivity contribution in [1.82, 2.24) is 10.2 Å². The van der Waals surface area contributed by atoms with Gasteiger partial charge >= 0.3 is 0 Å². The van der Waals surface area contributed by atoms with Gasteiger partial charge < -0.3 is 15.0 Å². The van der Waals surface area contributed by atoms with Gasteiger partial charge in [-0.15, -0.1) is 0 Å². The van der Waals surface area contributed by atoms with Crippen LogP contribution in [0.1, 0.15) is 11.7 Å². The van der Waals surface area contributed by atoms with Crippen molar-refractivity contribution >= 4 is 5.91 Å². The third-order valence-electron chi connectivity index (χ3n) is 2.92. The standard InChI is InChI=1S/C13H18N2O2/c1-14-9-13(16)15-7-8-17-12(10-15)11-5-3-2-4-6-11/h2-6,12,14H,7-10H2,1H3. The third-order valence-corrected chi connectivity index (χ3v) is 2.92. The number of carbonyl (C=O) groups excluding carboxylic acids is 1. The van der Waals surface area contributed by atoms with Crippen LogP contribution in [0.4, 0.5) is 0 Å². The highest BCUT2D eigenvalue weighted by atomic mass is 16.5. The van der Waals surface area contributed by atoms with Crippen molar-refractivity contribution in [2.24, 2.45) is 0 Å². The summed E-state index contributed by atoms with van der Waals surface area (Å²) in [6, 6.07) is 10.0. The highest BCUT2D eigenvalue weighted by Crippen LogP contribution is 2.21. The van der Waals surface area contributed by atoms with Gasteiger partial charge in [-0.2, -0.15) is 0 Å². The van der Waals surface area contributed by atoms with Gasteiger partial charge in [-0.05, 0) is 12.6 Å². The van der Waals surface area contributed by atoms with Crippen molar-refractivity contribution in [1.29, 1.82) is 0 Å². The Morgan fingerprint density at radius 3 is 2.94 bits per heavy atom. The predicted molar refractivity (Wildman–Crippen MR) is 65.6 cm³/mol. The minimum atomic E-state index is 0.00533. The van der Waals surface area contributed by atoms with Crippen LogP contribution >= 0.6 is 0 Å². The van der Waals surface area contributed by atoms with Crippen LogP contribution in [-0.4, -0.2) is 44.1 Å². The summed E-state index contributed by atoms with van der Waals surface area (Å²) in [6.45, 7) is 2.32. The quantitative estimate of drug-likeness (QED) is 0.841. The SMILES string of the molecule is CNCC(=O)N1CCOC(c2ccccc2)C1. The zero-order valence-corrected chi connectivity index (χ0v) is 10.1. The maximum Gasteiger partial charge on any atom is 0.236 e. The highest BCUT2D eigenvalue weighted by molar-refractivity contribution is 5.78. The molecule has 0 aliphatic carbocycles. The number of amides is 1. The summed E-state index contributed by atoms with van der Waals surface area (Å²) in [6.07, 6.45) is 0.00533. The Balaban J connectivity index is 2.00. The predicted octanol–water partition coefficient (Wildman–Crippen LogP) is 0.806. The van der Waals surface area contributed by atoms with E-state index in [1.54, 1.807) is 7.05 Å². The first-order chi connectivity index (χ1) is 8.31. The second kappa shape index (κ2) is 5.80. The third kappa shape index (κ3) is 3.05. The van der Waals surface area contributed by atoms with Crippen molar-refractivity contribution in [2.75, 3.05) is 33.3 Å². The molecule has 1 N–H and O–H groups in total. The zero-order valence-electron chi connectivity index (χ0n) is 10.1. The van der Waals surface area contributed by atoms with E-state index in [2.05, 4.69) is 5.32 Å². The van der Waals surface area contributed by atoms with Crippen LogP contribution in [0.3, 0.4) is 0 Å². The molecule has 0 saturated carbocycles. The number of hydrogen-bond donors (Lipinski definition) is 1. The summed E-state index contributed by atoms with van der Waals surface area (Å²) in [5.41, 5.74) is 1.13. The number of nitrogens with one attached hydrogen (secondary N) is 1. The van der Waals surface area contributed by atoms with Crippen LogP contribution in [0.2, 0.25) is 0 Å². The molecule has 1 atom stereocenters. The van der Waals surface area contributed by atoms with E-state index in [9.17, 15) is 4.79 Å². The Bertz CT molecular complexity index is 367. The summed E-state index contributed by atoms with van der Waals surface area (Å²) >= 11 is 0. The minimum Gasteiger partial charge on any atom is -0.370 e. The van der Waals surface area contributed by atoms with Gasteiger partial charge in [-0.3, -0.25) is 4.79 Å². The molecule has 1 aliphatic heterocycles. The van der Waals surface area contributed by atoms with Crippen molar-refractivity contribution in [2.45, 2.75) is 6.10 Å². The van der Waals surface area contributed by atoms with Gasteiger partial charge in [-0.1, -0.05) is 30.3 Å². The number of hydrogen-bond acceptors (Lipinski definition) is 3. The fourth-order valence-corrected chi connectivity index (χ4v) is 2.01. The molecule has 0 aromatic heterocycles. The maximum atomic E-state index is 11.8. The van der Waals surface area contributed by atoms with Crippen molar-refractivity contribution in [3.05, 3.63) is 35.9 Å². The molecule has 0 spiro atoms. The van der Waals surface area contributed by atoms with Gasteiger partial charge in [-0.25, -0.2) is 0 Å². The largest absolute Gasteiger partial charge is 0.370 e. The second-order valence-electron chi connectivity index (χ2n) is 4.14. The van der Waals surface area contributed by atoms with Crippen molar-refractivity contribution < 1.29 is 9.53 Å². The molecule has 1 saturated heterocycles. The van der Waals surface area contributed by atoms with Gasteiger partial charge in [0.1, 0.15) is 6.10 Å². The van der Waals surface area contributed by atoms with E-state index in [0.717, 1.165) is 5.56 Å². The van der Waals surface area contributed by atoms with Crippen LogP contribution in [0.5, 0.6) is 0 Å². The Morgan fingerprint density at radius 2 is 2.24 bits per heavy atom. The van der Waals surface area contributed by atoms with Gasteiger partial charge in [0.05, 0.1) is 19.7 Å². The molecular formula is C13H18N2O2. The van der Waals surface area contributed by atoms with E-state index in [4.69, 9.17) is 4.74 Å². The molecule has 1 fully saturated rings. The van der Waals surface area contributed by atoms with E-state index in [1.165, 1.54) is 0 Å². The first kappa shape index (κ1) is 12.1. The Hall–Kier alpha value is -1.39. The number of benzene rings is 1. The smallest absolute Gasteiger partial charge is 0.236 e.